The molecule has 2 unspecified atom stereocenters. The number of halogens is 1. The number of nitro benzene ring substituents is 1. The molecule has 0 saturated heterocycles. The van der Waals surface area contributed by atoms with Crippen LogP contribution in [0.4, 0.5) is 11.4 Å². The van der Waals surface area contributed by atoms with Crippen molar-refractivity contribution >= 4 is 28.9 Å². The molecule has 1 aromatic carbocycles. The zero-order valence-corrected chi connectivity index (χ0v) is 10.8. The van der Waals surface area contributed by atoms with Crippen molar-refractivity contribution in [1.82, 2.24) is 0 Å². The number of nitrogens with zero attached hydrogens (tertiary/aromatic N) is 1. The molecule has 0 spiro atoms. The maximum Gasteiger partial charge on any atom is 0.289 e. The minimum absolute atomic E-state index is 0.0261. The normalized spacial score (nSPS) is 13.8. The van der Waals surface area contributed by atoms with Gasteiger partial charge in [-0.25, -0.2) is 0 Å². The average molecular weight is 272 g/mol. The van der Waals surface area contributed by atoms with Crippen molar-refractivity contribution < 1.29 is 9.72 Å². The van der Waals surface area contributed by atoms with Gasteiger partial charge in [-0.1, -0.05) is 18.5 Å². The van der Waals surface area contributed by atoms with Crippen LogP contribution in [0.2, 0.25) is 5.02 Å². The summed E-state index contributed by atoms with van der Waals surface area (Å²) in [7, 11) is 0. The van der Waals surface area contributed by atoms with Crippen molar-refractivity contribution in [3.8, 4) is 0 Å². The van der Waals surface area contributed by atoms with Gasteiger partial charge in [0.25, 0.3) is 5.69 Å². The lowest BCUT2D eigenvalue weighted by Gasteiger charge is -2.15. The van der Waals surface area contributed by atoms with Gasteiger partial charge in [0, 0.05) is 17.8 Å². The maximum absolute atomic E-state index is 11.7. The molecule has 0 aromatic heterocycles. The third-order valence-electron chi connectivity index (χ3n) is 2.61. The van der Waals surface area contributed by atoms with Gasteiger partial charge in [-0.2, -0.15) is 0 Å². The zero-order chi connectivity index (χ0) is 13.9. The summed E-state index contributed by atoms with van der Waals surface area (Å²) in [4.78, 5) is 21.8. The second-order valence-corrected chi connectivity index (χ2v) is 4.47. The first-order valence-corrected chi connectivity index (χ1v) is 5.71. The van der Waals surface area contributed by atoms with E-state index in [1.807, 2.05) is 0 Å². The predicted octanol–water partition coefficient (Wildman–Crippen LogP) is 2.17. The van der Waals surface area contributed by atoms with E-state index in [9.17, 15) is 14.9 Å². The smallest absolute Gasteiger partial charge is 0.289 e. The predicted molar refractivity (Wildman–Crippen MR) is 69.5 cm³/mol. The molecule has 0 heterocycles. The Morgan fingerprint density at radius 2 is 2.11 bits per heavy atom. The van der Waals surface area contributed by atoms with Gasteiger partial charge in [0.05, 0.1) is 10.8 Å². The second kappa shape index (κ2) is 5.79. The van der Waals surface area contributed by atoms with Gasteiger partial charge < -0.3 is 11.1 Å². The molecule has 1 amide bonds. The molecule has 98 valence electrons. The average Bonchev–Trinajstić information content (AvgIpc) is 2.29. The van der Waals surface area contributed by atoms with Crippen molar-refractivity contribution in [2.45, 2.75) is 19.9 Å². The fourth-order valence-corrected chi connectivity index (χ4v) is 1.41. The highest BCUT2D eigenvalue weighted by molar-refractivity contribution is 6.32. The third kappa shape index (κ3) is 3.41. The summed E-state index contributed by atoms with van der Waals surface area (Å²) in [6, 6.07) is 3.79. The van der Waals surface area contributed by atoms with Gasteiger partial charge in [-0.15, -0.1) is 0 Å². The second-order valence-electron chi connectivity index (χ2n) is 4.06. The molecule has 0 aliphatic heterocycles. The van der Waals surface area contributed by atoms with Crippen LogP contribution in [-0.4, -0.2) is 16.9 Å². The highest BCUT2D eigenvalue weighted by Gasteiger charge is 2.19. The van der Waals surface area contributed by atoms with Crippen LogP contribution in [0.3, 0.4) is 0 Å². The Balaban J connectivity index is 2.89. The van der Waals surface area contributed by atoms with E-state index in [0.29, 0.717) is 5.69 Å². The molecule has 0 aliphatic rings. The summed E-state index contributed by atoms with van der Waals surface area (Å²) >= 11 is 5.67. The largest absolute Gasteiger partial charge is 0.327 e. The zero-order valence-electron chi connectivity index (χ0n) is 10.0. The van der Waals surface area contributed by atoms with Crippen molar-refractivity contribution in [1.29, 1.82) is 0 Å². The molecule has 1 rings (SSSR count). The van der Waals surface area contributed by atoms with E-state index < -0.39 is 4.92 Å². The Morgan fingerprint density at radius 1 is 1.50 bits per heavy atom. The number of anilines is 1. The molecule has 0 aliphatic carbocycles. The summed E-state index contributed by atoms with van der Waals surface area (Å²) in [5.41, 5.74) is 5.68. The van der Waals surface area contributed by atoms with Crippen LogP contribution in [0, 0.1) is 16.0 Å². The number of hydrogen-bond donors (Lipinski definition) is 2. The molecule has 1 aromatic rings. The number of hydrogen-bond acceptors (Lipinski definition) is 4. The van der Waals surface area contributed by atoms with Gasteiger partial charge in [0.1, 0.15) is 5.02 Å². The summed E-state index contributed by atoms with van der Waals surface area (Å²) in [5.74, 6) is -0.679. The standard InChI is InChI=1S/C11H14ClN3O3/c1-6(7(2)13)11(16)14-8-3-4-9(12)10(5-8)15(17)18/h3-7H,13H2,1-2H3,(H,14,16). The Morgan fingerprint density at radius 3 is 2.61 bits per heavy atom. The minimum Gasteiger partial charge on any atom is -0.327 e. The number of amides is 1. The molecule has 7 heteroatoms. The lowest BCUT2D eigenvalue weighted by molar-refractivity contribution is -0.384. The van der Waals surface area contributed by atoms with Gasteiger partial charge in [-0.05, 0) is 19.1 Å². The lowest BCUT2D eigenvalue weighted by Crippen LogP contribution is -2.34. The molecular formula is C11H14ClN3O3. The van der Waals surface area contributed by atoms with Gasteiger partial charge in [-0.3, -0.25) is 14.9 Å². The highest BCUT2D eigenvalue weighted by atomic mass is 35.5. The first-order chi connectivity index (χ1) is 8.32. The number of carbonyl (C=O) groups excluding carboxylic acids is 1. The molecule has 2 atom stereocenters. The quantitative estimate of drug-likeness (QED) is 0.647. The van der Waals surface area contributed by atoms with E-state index in [2.05, 4.69) is 5.32 Å². The lowest BCUT2D eigenvalue weighted by atomic mass is 10.0. The van der Waals surface area contributed by atoms with Crippen LogP contribution in [0.5, 0.6) is 0 Å². The fourth-order valence-electron chi connectivity index (χ4n) is 1.23. The monoisotopic (exact) mass is 271 g/mol. The summed E-state index contributed by atoms with van der Waals surface area (Å²) in [6.45, 7) is 3.40. The van der Waals surface area contributed by atoms with E-state index in [1.54, 1.807) is 13.8 Å². The van der Waals surface area contributed by atoms with E-state index in [0.717, 1.165) is 0 Å². The van der Waals surface area contributed by atoms with Gasteiger partial charge >= 0.3 is 0 Å². The van der Waals surface area contributed by atoms with Crippen LogP contribution in [0.1, 0.15) is 13.8 Å². The Labute approximate surface area is 109 Å². The Bertz CT molecular complexity index is 477. The first kappa shape index (κ1) is 14.4. The summed E-state index contributed by atoms with van der Waals surface area (Å²) in [6.07, 6.45) is 0. The minimum atomic E-state index is -0.604. The molecule has 6 nitrogen and oxygen atoms in total. The number of rotatable bonds is 4. The van der Waals surface area contributed by atoms with Crippen molar-refractivity contribution in [3.05, 3.63) is 33.3 Å². The topological polar surface area (TPSA) is 98.3 Å². The van der Waals surface area contributed by atoms with Crippen LogP contribution >= 0.6 is 11.6 Å². The molecule has 0 radical (unpaired) electrons. The molecule has 0 saturated carbocycles. The Kier molecular flexibility index (Phi) is 4.63. The Hall–Kier alpha value is -1.66. The molecule has 18 heavy (non-hydrogen) atoms. The highest BCUT2D eigenvalue weighted by Crippen LogP contribution is 2.27. The summed E-state index contributed by atoms with van der Waals surface area (Å²) < 4.78 is 0. The third-order valence-corrected chi connectivity index (χ3v) is 2.93. The van der Waals surface area contributed by atoms with Gasteiger partial charge in [0.15, 0.2) is 0 Å². The van der Waals surface area contributed by atoms with Gasteiger partial charge in [0.2, 0.25) is 5.91 Å². The van der Waals surface area contributed by atoms with Crippen LogP contribution in [0.15, 0.2) is 18.2 Å². The fraction of sp³-hybridized carbons (Fsp3) is 0.364. The first-order valence-electron chi connectivity index (χ1n) is 5.33. The number of carbonyl (C=O) groups is 1. The maximum atomic E-state index is 11.7. The SMILES string of the molecule is CC(N)C(C)C(=O)Nc1ccc(Cl)c([N+](=O)[O-])c1. The molecular weight excluding hydrogens is 258 g/mol. The van der Waals surface area contributed by atoms with E-state index >= 15 is 0 Å². The number of nitrogens with one attached hydrogen (secondary N) is 1. The van der Waals surface area contributed by atoms with Crippen molar-refractivity contribution in [2.24, 2.45) is 11.7 Å². The molecule has 0 bridgehead atoms. The van der Waals surface area contributed by atoms with E-state index in [-0.39, 0.29) is 28.6 Å². The molecule has 3 N–H and O–H groups in total. The van der Waals surface area contributed by atoms with Crippen LogP contribution in [-0.2, 0) is 4.79 Å². The van der Waals surface area contributed by atoms with Crippen LogP contribution in [0.25, 0.3) is 0 Å². The number of benzene rings is 1. The van der Waals surface area contributed by atoms with Crippen molar-refractivity contribution in [2.75, 3.05) is 5.32 Å². The van der Waals surface area contributed by atoms with Crippen molar-refractivity contribution in [3.63, 3.8) is 0 Å². The van der Waals surface area contributed by atoms with E-state index in [1.165, 1.54) is 18.2 Å². The molecule has 0 fully saturated rings. The van der Waals surface area contributed by atoms with Crippen LogP contribution < -0.4 is 11.1 Å². The van der Waals surface area contributed by atoms with E-state index in [4.69, 9.17) is 17.3 Å². The summed E-state index contributed by atoms with van der Waals surface area (Å²) in [5, 5.41) is 13.3. The number of nitro groups is 1. The number of nitrogens with two attached hydrogens (primary N) is 1.